The van der Waals surface area contributed by atoms with Gasteiger partial charge in [0.2, 0.25) is 0 Å². The first-order valence-corrected chi connectivity index (χ1v) is 8.80. The van der Waals surface area contributed by atoms with Crippen molar-refractivity contribution in [1.82, 2.24) is 4.90 Å². The van der Waals surface area contributed by atoms with E-state index in [1.54, 1.807) is 11.0 Å². The van der Waals surface area contributed by atoms with Crippen LogP contribution in [0.2, 0.25) is 0 Å². The first-order chi connectivity index (χ1) is 9.92. The average molecular weight is 466 g/mol. The van der Waals surface area contributed by atoms with Crippen molar-refractivity contribution in [3.8, 4) is 0 Å². The molecule has 1 aromatic carbocycles. The highest BCUT2D eigenvalue weighted by Gasteiger charge is 2.49. The lowest BCUT2D eigenvalue weighted by atomic mass is 9.90. The Hall–Kier alpha value is -0.630. The summed E-state index contributed by atoms with van der Waals surface area (Å²) in [7, 11) is 0. The highest BCUT2D eigenvalue weighted by atomic mass is 127. The SMILES string of the molecule is CCCC1(C(=O)O)CCCN1C(=O)c1cc(I)ccc1Br. The Morgan fingerprint density at radius 2 is 2.19 bits per heavy atom. The van der Waals surface area contributed by atoms with Crippen molar-refractivity contribution < 1.29 is 14.7 Å². The number of nitrogens with zero attached hydrogens (tertiary/aromatic N) is 1. The van der Waals surface area contributed by atoms with Crippen LogP contribution in [-0.2, 0) is 4.79 Å². The first-order valence-electron chi connectivity index (χ1n) is 6.93. The Kier molecular flexibility index (Phi) is 5.29. The number of aliphatic carboxylic acids is 1. The van der Waals surface area contributed by atoms with E-state index in [4.69, 9.17) is 0 Å². The monoisotopic (exact) mass is 465 g/mol. The number of rotatable bonds is 4. The van der Waals surface area contributed by atoms with Gasteiger partial charge in [-0.15, -0.1) is 0 Å². The predicted molar refractivity (Wildman–Crippen MR) is 92.4 cm³/mol. The Balaban J connectivity index is 2.41. The zero-order valence-corrected chi connectivity index (χ0v) is 15.5. The molecule has 1 amide bonds. The van der Waals surface area contributed by atoms with Gasteiger partial charge in [0.05, 0.1) is 5.56 Å². The number of hydrogen-bond acceptors (Lipinski definition) is 2. The summed E-state index contributed by atoms with van der Waals surface area (Å²) >= 11 is 5.54. The van der Waals surface area contributed by atoms with Gasteiger partial charge < -0.3 is 10.0 Å². The Morgan fingerprint density at radius 1 is 1.48 bits per heavy atom. The van der Waals surface area contributed by atoms with Crippen LogP contribution in [-0.4, -0.2) is 34.0 Å². The van der Waals surface area contributed by atoms with Crippen LogP contribution in [0.15, 0.2) is 22.7 Å². The van der Waals surface area contributed by atoms with E-state index in [0.717, 1.165) is 16.4 Å². The van der Waals surface area contributed by atoms with Gasteiger partial charge in [-0.25, -0.2) is 4.79 Å². The highest BCUT2D eigenvalue weighted by molar-refractivity contribution is 14.1. The molecule has 1 saturated heterocycles. The largest absolute Gasteiger partial charge is 0.479 e. The molecule has 0 saturated carbocycles. The molecule has 6 heteroatoms. The molecule has 0 aromatic heterocycles. The van der Waals surface area contributed by atoms with Gasteiger partial charge in [0.25, 0.3) is 5.91 Å². The van der Waals surface area contributed by atoms with E-state index < -0.39 is 11.5 Å². The van der Waals surface area contributed by atoms with Crippen molar-refractivity contribution in [3.05, 3.63) is 31.8 Å². The van der Waals surface area contributed by atoms with Crippen LogP contribution in [0.5, 0.6) is 0 Å². The van der Waals surface area contributed by atoms with E-state index in [1.807, 2.05) is 19.1 Å². The van der Waals surface area contributed by atoms with Crippen LogP contribution < -0.4 is 0 Å². The standard InChI is InChI=1S/C15H17BrINO3/c1-2-6-15(14(20)21)7-3-8-18(15)13(19)11-9-10(17)4-5-12(11)16/h4-5,9H,2-3,6-8H2,1H3,(H,20,21). The van der Waals surface area contributed by atoms with E-state index in [1.165, 1.54) is 0 Å². The van der Waals surface area contributed by atoms with Crippen molar-refractivity contribution >= 4 is 50.4 Å². The zero-order chi connectivity index (χ0) is 15.6. The molecule has 1 atom stereocenters. The Morgan fingerprint density at radius 3 is 2.81 bits per heavy atom. The van der Waals surface area contributed by atoms with Crippen molar-refractivity contribution in [2.24, 2.45) is 0 Å². The molecule has 0 radical (unpaired) electrons. The summed E-state index contributed by atoms with van der Waals surface area (Å²) in [5.41, 5.74) is -0.516. The molecule has 1 N–H and O–H groups in total. The van der Waals surface area contributed by atoms with Crippen molar-refractivity contribution in [3.63, 3.8) is 0 Å². The van der Waals surface area contributed by atoms with Crippen LogP contribution in [0.25, 0.3) is 0 Å². The molecule has 1 fully saturated rings. The van der Waals surface area contributed by atoms with Gasteiger partial charge in [-0.05, 0) is 76.0 Å². The normalized spacial score (nSPS) is 21.6. The second-order valence-electron chi connectivity index (χ2n) is 5.27. The summed E-state index contributed by atoms with van der Waals surface area (Å²) in [5, 5.41) is 9.68. The van der Waals surface area contributed by atoms with Gasteiger partial charge in [0, 0.05) is 14.6 Å². The third-order valence-corrected chi connectivity index (χ3v) is 5.32. The minimum Gasteiger partial charge on any atom is -0.479 e. The number of carbonyl (C=O) groups excluding carboxylic acids is 1. The Labute approximate surface area is 146 Å². The number of likely N-dealkylation sites (tertiary alicyclic amines) is 1. The van der Waals surface area contributed by atoms with Crippen LogP contribution in [0.4, 0.5) is 0 Å². The molecule has 4 nitrogen and oxygen atoms in total. The van der Waals surface area contributed by atoms with Gasteiger partial charge in [-0.3, -0.25) is 4.79 Å². The molecule has 2 rings (SSSR count). The summed E-state index contributed by atoms with van der Waals surface area (Å²) in [4.78, 5) is 26.2. The second kappa shape index (κ2) is 6.64. The number of carboxylic acids is 1. The maximum absolute atomic E-state index is 12.8. The lowest BCUT2D eigenvalue weighted by molar-refractivity contribution is -0.148. The third kappa shape index (κ3) is 3.11. The molecule has 1 aliphatic rings. The second-order valence-corrected chi connectivity index (χ2v) is 7.37. The summed E-state index contributed by atoms with van der Waals surface area (Å²) in [6, 6.07) is 5.53. The quantitative estimate of drug-likeness (QED) is 0.686. The van der Waals surface area contributed by atoms with E-state index >= 15 is 0 Å². The lowest BCUT2D eigenvalue weighted by Crippen LogP contribution is -2.53. The van der Waals surface area contributed by atoms with Crippen LogP contribution in [0.1, 0.15) is 43.0 Å². The first kappa shape index (κ1) is 16.7. The van der Waals surface area contributed by atoms with Crippen molar-refractivity contribution in [1.29, 1.82) is 0 Å². The molecular formula is C15H17BrINO3. The minimum atomic E-state index is -1.05. The number of benzene rings is 1. The van der Waals surface area contributed by atoms with Gasteiger partial charge in [-0.1, -0.05) is 13.3 Å². The fraction of sp³-hybridized carbons (Fsp3) is 0.467. The smallest absolute Gasteiger partial charge is 0.329 e. The summed E-state index contributed by atoms with van der Waals surface area (Å²) in [6.07, 6.45) is 2.50. The molecule has 1 aromatic rings. The van der Waals surface area contributed by atoms with E-state index in [9.17, 15) is 14.7 Å². The maximum atomic E-state index is 12.8. The number of halogens is 2. The lowest BCUT2D eigenvalue weighted by Gasteiger charge is -2.35. The Bertz CT molecular complexity index is 578. The van der Waals surface area contributed by atoms with E-state index in [0.29, 0.717) is 29.4 Å². The highest BCUT2D eigenvalue weighted by Crippen LogP contribution is 2.36. The predicted octanol–water partition coefficient (Wildman–Crippen LogP) is 3.91. The molecule has 1 aliphatic heterocycles. The molecule has 0 bridgehead atoms. The number of carbonyl (C=O) groups is 2. The van der Waals surface area contributed by atoms with Crippen LogP contribution in [0, 0.1) is 3.57 Å². The number of carboxylic acid groups (broad SMARTS) is 1. The molecule has 0 aliphatic carbocycles. The van der Waals surface area contributed by atoms with Crippen molar-refractivity contribution in [2.45, 2.75) is 38.1 Å². The third-order valence-electron chi connectivity index (χ3n) is 3.95. The summed E-state index contributed by atoms with van der Waals surface area (Å²) < 4.78 is 1.66. The molecule has 0 spiro atoms. The number of hydrogen-bond donors (Lipinski definition) is 1. The fourth-order valence-electron chi connectivity index (χ4n) is 2.98. The van der Waals surface area contributed by atoms with Crippen molar-refractivity contribution in [2.75, 3.05) is 6.54 Å². The fourth-order valence-corrected chi connectivity index (χ4v) is 3.89. The molecular weight excluding hydrogens is 449 g/mol. The summed E-state index contributed by atoms with van der Waals surface area (Å²) in [6.45, 7) is 2.45. The minimum absolute atomic E-state index is 0.200. The van der Waals surface area contributed by atoms with E-state index in [-0.39, 0.29) is 5.91 Å². The summed E-state index contributed by atoms with van der Waals surface area (Å²) in [5.74, 6) is -1.09. The van der Waals surface area contributed by atoms with Gasteiger partial charge in [0.15, 0.2) is 0 Å². The molecule has 1 heterocycles. The topological polar surface area (TPSA) is 57.6 Å². The zero-order valence-electron chi connectivity index (χ0n) is 11.7. The maximum Gasteiger partial charge on any atom is 0.329 e. The average Bonchev–Trinajstić information content (AvgIpc) is 2.86. The van der Waals surface area contributed by atoms with Crippen LogP contribution >= 0.6 is 38.5 Å². The molecule has 114 valence electrons. The molecule has 1 unspecified atom stereocenters. The van der Waals surface area contributed by atoms with Crippen LogP contribution in [0.3, 0.4) is 0 Å². The van der Waals surface area contributed by atoms with Gasteiger partial charge >= 0.3 is 5.97 Å². The van der Waals surface area contributed by atoms with Gasteiger partial charge in [-0.2, -0.15) is 0 Å². The van der Waals surface area contributed by atoms with E-state index in [2.05, 4.69) is 38.5 Å². The van der Waals surface area contributed by atoms with Gasteiger partial charge in [0.1, 0.15) is 5.54 Å². The number of amides is 1. The molecule has 21 heavy (non-hydrogen) atoms.